The predicted octanol–water partition coefficient (Wildman–Crippen LogP) is 2.45. The summed E-state index contributed by atoms with van der Waals surface area (Å²) in [5.74, 6) is -0.191. The molecule has 0 atom stereocenters. The Bertz CT molecular complexity index is 1320. The van der Waals surface area contributed by atoms with E-state index in [2.05, 4.69) is 15.4 Å². The van der Waals surface area contributed by atoms with Gasteiger partial charge in [-0.05, 0) is 48.0 Å². The summed E-state index contributed by atoms with van der Waals surface area (Å²) in [6, 6.07) is 17.3. The van der Waals surface area contributed by atoms with Crippen LogP contribution in [0.4, 0.5) is 11.4 Å². The first-order chi connectivity index (χ1) is 16.7. The molecule has 0 aromatic heterocycles. The number of nitro groups is 1. The summed E-state index contributed by atoms with van der Waals surface area (Å²) in [6.45, 7) is 0.0499. The minimum atomic E-state index is -4.07. The van der Waals surface area contributed by atoms with Crippen molar-refractivity contribution in [2.24, 2.45) is 0 Å². The van der Waals surface area contributed by atoms with Crippen molar-refractivity contribution in [3.63, 3.8) is 0 Å². The van der Waals surface area contributed by atoms with Gasteiger partial charge in [0.05, 0.1) is 23.5 Å². The van der Waals surface area contributed by atoms with Crippen molar-refractivity contribution < 1.29 is 27.7 Å². The predicted molar refractivity (Wildman–Crippen MR) is 128 cm³/mol. The summed E-state index contributed by atoms with van der Waals surface area (Å²) in [5.41, 5.74) is 0.887. The molecule has 0 heterocycles. The molecule has 0 unspecified atom stereocenters. The van der Waals surface area contributed by atoms with E-state index in [1.807, 2.05) is 12.1 Å². The molecule has 0 radical (unpaired) electrons. The molecule has 0 aliphatic heterocycles. The smallest absolute Gasteiger partial charge is 0.270 e. The van der Waals surface area contributed by atoms with Gasteiger partial charge in [-0.15, -0.1) is 0 Å². The lowest BCUT2D eigenvalue weighted by Gasteiger charge is -2.10. The quantitative estimate of drug-likeness (QED) is 0.286. The van der Waals surface area contributed by atoms with Crippen LogP contribution in [0, 0.1) is 10.1 Å². The third-order valence-corrected chi connectivity index (χ3v) is 6.18. The van der Waals surface area contributed by atoms with E-state index in [1.54, 1.807) is 19.2 Å². The van der Waals surface area contributed by atoms with Crippen molar-refractivity contribution in [1.29, 1.82) is 0 Å². The highest BCUT2D eigenvalue weighted by atomic mass is 32.2. The normalized spacial score (nSPS) is 10.8. The molecule has 11 nitrogen and oxygen atoms in total. The standard InChI is InChI=1S/C23H22N4O7S/c1-34-20-11-5-16(6-12-20)14-24-22(28)15-25-23(29)17-7-9-18(10-8-17)26-35(32,33)21-4-2-3-19(13-21)27(30)31/h2-13,26H,14-15H2,1H3,(H,24,28)(H,25,29). The highest BCUT2D eigenvalue weighted by molar-refractivity contribution is 7.92. The fraction of sp³-hybridized carbons (Fsp3) is 0.130. The van der Waals surface area contributed by atoms with Crippen LogP contribution >= 0.6 is 0 Å². The van der Waals surface area contributed by atoms with Gasteiger partial charge in [0, 0.05) is 29.9 Å². The van der Waals surface area contributed by atoms with Crippen molar-refractivity contribution in [3.8, 4) is 5.75 Å². The number of carbonyl (C=O) groups is 2. The van der Waals surface area contributed by atoms with Crippen LogP contribution in [0.5, 0.6) is 5.75 Å². The molecule has 0 fully saturated rings. The number of nitro benzene ring substituents is 1. The SMILES string of the molecule is COc1ccc(CNC(=O)CNC(=O)c2ccc(NS(=O)(=O)c3cccc([N+](=O)[O-])c3)cc2)cc1. The van der Waals surface area contributed by atoms with Gasteiger partial charge in [0.25, 0.3) is 21.6 Å². The summed E-state index contributed by atoms with van der Waals surface area (Å²) >= 11 is 0. The minimum absolute atomic E-state index is 0.158. The van der Waals surface area contributed by atoms with Crippen molar-refractivity contribution in [2.75, 3.05) is 18.4 Å². The maximum Gasteiger partial charge on any atom is 0.270 e. The summed E-state index contributed by atoms with van der Waals surface area (Å²) < 4.78 is 32.4. The Labute approximate surface area is 201 Å². The number of methoxy groups -OCH3 is 1. The van der Waals surface area contributed by atoms with E-state index in [0.29, 0.717) is 5.75 Å². The lowest BCUT2D eigenvalue weighted by molar-refractivity contribution is -0.385. The van der Waals surface area contributed by atoms with Gasteiger partial charge in [-0.3, -0.25) is 24.4 Å². The van der Waals surface area contributed by atoms with Gasteiger partial charge in [-0.25, -0.2) is 8.42 Å². The molecule has 12 heteroatoms. The average Bonchev–Trinajstić information content (AvgIpc) is 2.86. The van der Waals surface area contributed by atoms with Crippen LogP contribution in [0.15, 0.2) is 77.7 Å². The van der Waals surface area contributed by atoms with Gasteiger partial charge in [0.2, 0.25) is 5.91 Å². The number of anilines is 1. The molecule has 3 aromatic rings. The highest BCUT2D eigenvalue weighted by Gasteiger charge is 2.18. The molecule has 0 spiro atoms. The van der Waals surface area contributed by atoms with Gasteiger partial charge in [-0.1, -0.05) is 18.2 Å². The Morgan fingerprint density at radius 2 is 1.66 bits per heavy atom. The molecule has 0 bridgehead atoms. The van der Waals surface area contributed by atoms with Crippen molar-refractivity contribution in [1.82, 2.24) is 10.6 Å². The topological polar surface area (TPSA) is 157 Å². The molecule has 0 saturated heterocycles. The molecule has 0 aliphatic rings. The van der Waals surface area contributed by atoms with Crippen LogP contribution < -0.4 is 20.1 Å². The number of carbonyl (C=O) groups excluding carboxylic acids is 2. The van der Waals surface area contributed by atoms with E-state index < -0.39 is 20.9 Å². The van der Waals surface area contributed by atoms with Crippen LogP contribution in [-0.4, -0.2) is 38.8 Å². The van der Waals surface area contributed by atoms with E-state index in [9.17, 15) is 28.1 Å². The molecule has 3 N–H and O–H groups in total. The zero-order valence-corrected chi connectivity index (χ0v) is 19.4. The van der Waals surface area contributed by atoms with Gasteiger partial charge in [0.1, 0.15) is 5.75 Å². The maximum absolute atomic E-state index is 12.5. The van der Waals surface area contributed by atoms with Crippen LogP contribution in [0.2, 0.25) is 0 Å². The number of hydrogen-bond acceptors (Lipinski definition) is 7. The molecule has 0 aliphatic carbocycles. The Balaban J connectivity index is 1.52. The Hall–Kier alpha value is -4.45. The molecule has 182 valence electrons. The van der Waals surface area contributed by atoms with Crippen LogP contribution in [0.25, 0.3) is 0 Å². The number of benzene rings is 3. The number of ether oxygens (including phenoxy) is 1. The number of nitrogens with one attached hydrogen (secondary N) is 3. The summed E-state index contributed by atoms with van der Waals surface area (Å²) in [4.78, 5) is 34.2. The third kappa shape index (κ3) is 7.01. The summed E-state index contributed by atoms with van der Waals surface area (Å²) in [6.07, 6.45) is 0. The lowest BCUT2D eigenvalue weighted by Crippen LogP contribution is -2.36. The van der Waals surface area contributed by atoms with Gasteiger partial charge in [-0.2, -0.15) is 0 Å². The van der Waals surface area contributed by atoms with Crippen molar-refractivity contribution in [2.45, 2.75) is 11.4 Å². The first kappa shape index (κ1) is 25.2. The van der Waals surface area contributed by atoms with E-state index in [-0.39, 0.29) is 40.8 Å². The van der Waals surface area contributed by atoms with Crippen molar-refractivity contribution >= 4 is 33.2 Å². The zero-order valence-electron chi connectivity index (χ0n) is 18.6. The monoisotopic (exact) mass is 498 g/mol. The van der Waals surface area contributed by atoms with E-state index in [4.69, 9.17) is 4.74 Å². The van der Waals surface area contributed by atoms with E-state index in [0.717, 1.165) is 11.6 Å². The first-order valence-electron chi connectivity index (χ1n) is 10.2. The largest absolute Gasteiger partial charge is 0.497 e. The molecule has 2 amide bonds. The van der Waals surface area contributed by atoms with Gasteiger partial charge >= 0.3 is 0 Å². The maximum atomic E-state index is 12.5. The van der Waals surface area contributed by atoms with Gasteiger partial charge in [0.15, 0.2) is 0 Å². The van der Waals surface area contributed by atoms with Gasteiger partial charge < -0.3 is 15.4 Å². The van der Waals surface area contributed by atoms with E-state index in [1.165, 1.54) is 42.5 Å². The number of rotatable bonds is 10. The first-order valence-corrected chi connectivity index (χ1v) is 11.7. The minimum Gasteiger partial charge on any atom is -0.497 e. The van der Waals surface area contributed by atoms with Crippen LogP contribution in [-0.2, 0) is 21.4 Å². The zero-order chi connectivity index (χ0) is 25.4. The summed E-state index contributed by atoms with van der Waals surface area (Å²) in [5, 5.41) is 16.1. The van der Waals surface area contributed by atoms with Crippen LogP contribution in [0.3, 0.4) is 0 Å². The van der Waals surface area contributed by atoms with E-state index >= 15 is 0 Å². The van der Waals surface area contributed by atoms with Crippen LogP contribution in [0.1, 0.15) is 15.9 Å². The third-order valence-electron chi connectivity index (χ3n) is 4.80. The molecular weight excluding hydrogens is 476 g/mol. The number of hydrogen-bond donors (Lipinski definition) is 3. The number of non-ortho nitro benzene ring substituents is 1. The Morgan fingerprint density at radius 3 is 2.29 bits per heavy atom. The fourth-order valence-corrected chi connectivity index (χ4v) is 4.03. The molecular formula is C23H22N4O7S. The highest BCUT2D eigenvalue weighted by Crippen LogP contribution is 2.20. The summed E-state index contributed by atoms with van der Waals surface area (Å²) in [7, 11) is -2.51. The second-order valence-electron chi connectivity index (χ2n) is 7.24. The molecule has 0 saturated carbocycles. The Kier molecular flexibility index (Phi) is 8.00. The molecule has 3 aromatic carbocycles. The molecule has 3 rings (SSSR count). The Morgan fingerprint density at radius 1 is 0.971 bits per heavy atom. The second kappa shape index (κ2) is 11.1. The number of nitrogens with zero attached hydrogens (tertiary/aromatic N) is 1. The van der Waals surface area contributed by atoms with Crippen molar-refractivity contribution in [3.05, 3.63) is 94.0 Å². The molecule has 35 heavy (non-hydrogen) atoms. The lowest BCUT2D eigenvalue weighted by atomic mass is 10.2. The number of sulfonamides is 1. The second-order valence-corrected chi connectivity index (χ2v) is 8.93. The fourth-order valence-electron chi connectivity index (χ4n) is 2.94. The average molecular weight is 499 g/mol. The number of amides is 2.